The van der Waals surface area contributed by atoms with Crippen molar-refractivity contribution in [1.29, 1.82) is 0 Å². The summed E-state index contributed by atoms with van der Waals surface area (Å²) in [7, 11) is 0. The van der Waals surface area contributed by atoms with Crippen LogP contribution in [0.5, 0.6) is 0 Å². The van der Waals surface area contributed by atoms with Crippen LogP contribution in [0.4, 0.5) is 5.13 Å². The second-order valence-corrected chi connectivity index (χ2v) is 7.28. The van der Waals surface area contributed by atoms with Crippen LogP contribution in [0.2, 0.25) is 0 Å². The molecule has 0 radical (unpaired) electrons. The lowest BCUT2D eigenvalue weighted by atomic mass is 9.96. The van der Waals surface area contributed by atoms with Crippen molar-refractivity contribution in [1.82, 2.24) is 10.3 Å². The van der Waals surface area contributed by atoms with E-state index in [4.69, 9.17) is 4.98 Å². The average molecular weight is 293 g/mol. The fourth-order valence-electron chi connectivity index (χ4n) is 3.10. The number of rotatable bonds is 6. The van der Waals surface area contributed by atoms with E-state index in [1.54, 1.807) is 0 Å². The van der Waals surface area contributed by atoms with Gasteiger partial charge in [-0.2, -0.15) is 0 Å². The average Bonchev–Trinajstić information content (AvgIpc) is 3.25. The lowest BCUT2D eigenvalue weighted by Crippen LogP contribution is -2.35. The molecule has 1 aliphatic carbocycles. The lowest BCUT2D eigenvalue weighted by molar-refractivity contribution is 0.404. The van der Waals surface area contributed by atoms with E-state index in [-0.39, 0.29) is 0 Å². The topological polar surface area (TPSA) is 28.2 Å². The first-order chi connectivity index (χ1) is 9.81. The normalized spacial score (nSPS) is 23.3. The molecule has 1 aromatic heterocycles. The molecule has 1 saturated carbocycles. The Morgan fingerprint density at radius 2 is 2.15 bits per heavy atom. The van der Waals surface area contributed by atoms with Gasteiger partial charge in [0.05, 0.1) is 5.69 Å². The number of thiazole rings is 1. The van der Waals surface area contributed by atoms with Crippen molar-refractivity contribution in [3.05, 3.63) is 10.6 Å². The second-order valence-electron chi connectivity index (χ2n) is 6.22. The molecule has 20 heavy (non-hydrogen) atoms. The molecule has 3 nitrogen and oxygen atoms in total. The molecule has 1 aliphatic heterocycles. The highest BCUT2D eigenvalue weighted by Crippen LogP contribution is 2.44. The van der Waals surface area contributed by atoms with Crippen molar-refractivity contribution in [3.8, 4) is 0 Å². The zero-order chi connectivity index (χ0) is 13.9. The minimum Gasteiger partial charge on any atom is -0.348 e. The third kappa shape index (κ3) is 3.17. The Balaban J connectivity index is 1.75. The fraction of sp³-hybridized carbons (Fsp3) is 0.812. The van der Waals surface area contributed by atoms with Gasteiger partial charge in [0.1, 0.15) is 0 Å². The van der Waals surface area contributed by atoms with Crippen molar-refractivity contribution in [2.24, 2.45) is 5.92 Å². The molecule has 3 rings (SSSR count). The zero-order valence-electron chi connectivity index (χ0n) is 12.8. The number of hydrogen-bond donors (Lipinski definition) is 1. The van der Waals surface area contributed by atoms with Crippen LogP contribution in [0.15, 0.2) is 0 Å². The maximum atomic E-state index is 5.02. The first-order valence-electron chi connectivity index (χ1n) is 8.27. The van der Waals surface area contributed by atoms with E-state index >= 15 is 0 Å². The third-order valence-corrected chi connectivity index (χ3v) is 5.71. The molecule has 0 spiro atoms. The molecular weight excluding hydrogens is 266 g/mol. The van der Waals surface area contributed by atoms with E-state index in [2.05, 4.69) is 24.1 Å². The van der Waals surface area contributed by atoms with Gasteiger partial charge in [0.15, 0.2) is 5.13 Å². The van der Waals surface area contributed by atoms with Crippen molar-refractivity contribution in [2.45, 2.75) is 58.4 Å². The number of hydrogen-bond acceptors (Lipinski definition) is 4. The molecule has 112 valence electrons. The summed E-state index contributed by atoms with van der Waals surface area (Å²) in [6, 6.07) is 0. The summed E-state index contributed by atoms with van der Waals surface area (Å²) in [5.74, 6) is 1.63. The summed E-state index contributed by atoms with van der Waals surface area (Å²) in [5, 5.41) is 4.77. The van der Waals surface area contributed by atoms with E-state index in [0.717, 1.165) is 24.9 Å². The SMILES string of the molecule is CCNCc1sc(N2CCCC(CC)C2)nc1C1CC1. The van der Waals surface area contributed by atoms with Gasteiger partial charge in [0.2, 0.25) is 0 Å². The molecule has 1 saturated heterocycles. The van der Waals surface area contributed by atoms with Gasteiger partial charge in [-0.3, -0.25) is 0 Å². The Labute approximate surface area is 126 Å². The molecule has 0 amide bonds. The van der Waals surface area contributed by atoms with Gasteiger partial charge in [-0.1, -0.05) is 20.3 Å². The number of piperidine rings is 1. The van der Waals surface area contributed by atoms with E-state index in [0.29, 0.717) is 0 Å². The standard InChI is InChI=1S/C16H27N3S/c1-3-12-6-5-9-19(11-12)16-18-15(13-7-8-13)14(20-16)10-17-4-2/h12-13,17H,3-11H2,1-2H3. The van der Waals surface area contributed by atoms with Gasteiger partial charge in [0, 0.05) is 30.4 Å². The third-order valence-electron chi connectivity index (χ3n) is 4.58. The van der Waals surface area contributed by atoms with Crippen LogP contribution >= 0.6 is 11.3 Å². The van der Waals surface area contributed by atoms with Crippen molar-refractivity contribution in [3.63, 3.8) is 0 Å². The highest BCUT2D eigenvalue weighted by Gasteiger charge is 2.31. The van der Waals surface area contributed by atoms with Crippen molar-refractivity contribution in [2.75, 3.05) is 24.5 Å². The van der Waals surface area contributed by atoms with Crippen LogP contribution in [0.3, 0.4) is 0 Å². The van der Waals surface area contributed by atoms with Gasteiger partial charge in [-0.25, -0.2) is 4.98 Å². The Kier molecular flexibility index (Phi) is 4.61. The Bertz CT molecular complexity index is 439. The Morgan fingerprint density at radius 3 is 2.85 bits per heavy atom. The molecule has 2 fully saturated rings. The quantitative estimate of drug-likeness (QED) is 0.865. The first kappa shape index (κ1) is 14.3. The molecule has 1 N–H and O–H groups in total. The van der Waals surface area contributed by atoms with E-state index in [9.17, 15) is 0 Å². The van der Waals surface area contributed by atoms with Gasteiger partial charge in [-0.05, 0) is 38.1 Å². The minimum absolute atomic E-state index is 0.764. The van der Waals surface area contributed by atoms with Crippen LogP contribution < -0.4 is 10.2 Å². The molecule has 0 aromatic carbocycles. The van der Waals surface area contributed by atoms with Crippen molar-refractivity contribution < 1.29 is 0 Å². The van der Waals surface area contributed by atoms with Gasteiger partial charge in [0.25, 0.3) is 0 Å². The van der Waals surface area contributed by atoms with Gasteiger partial charge in [-0.15, -0.1) is 11.3 Å². The number of aromatic nitrogens is 1. The maximum Gasteiger partial charge on any atom is 0.185 e. The fourth-order valence-corrected chi connectivity index (χ4v) is 4.25. The first-order valence-corrected chi connectivity index (χ1v) is 9.08. The molecule has 4 heteroatoms. The molecule has 1 aromatic rings. The maximum absolute atomic E-state index is 5.02. The Hall–Kier alpha value is -0.610. The second kappa shape index (κ2) is 6.44. The predicted molar refractivity (Wildman–Crippen MR) is 86.7 cm³/mol. The highest BCUT2D eigenvalue weighted by molar-refractivity contribution is 7.15. The molecule has 1 unspecified atom stereocenters. The summed E-state index contributed by atoms with van der Waals surface area (Å²) in [5.41, 5.74) is 1.41. The van der Waals surface area contributed by atoms with Crippen LogP contribution in [0, 0.1) is 5.92 Å². The summed E-state index contributed by atoms with van der Waals surface area (Å²) in [6.07, 6.45) is 6.73. The van der Waals surface area contributed by atoms with E-state index in [1.165, 1.54) is 60.9 Å². The molecule has 2 aliphatic rings. The summed E-state index contributed by atoms with van der Waals surface area (Å²) in [4.78, 5) is 9.06. The minimum atomic E-state index is 0.764. The number of anilines is 1. The smallest absolute Gasteiger partial charge is 0.185 e. The summed E-state index contributed by atoms with van der Waals surface area (Å²) >= 11 is 1.94. The zero-order valence-corrected chi connectivity index (χ0v) is 13.6. The summed E-state index contributed by atoms with van der Waals surface area (Å²) in [6.45, 7) is 8.96. The van der Waals surface area contributed by atoms with E-state index in [1.807, 2.05) is 11.3 Å². The molecule has 1 atom stereocenters. The highest BCUT2D eigenvalue weighted by atomic mass is 32.1. The monoisotopic (exact) mass is 293 g/mol. The lowest BCUT2D eigenvalue weighted by Gasteiger charge is -2.32. The van der Waals surface area contributed by atoms with Gasteiger partial charge >= 0.3 is 0 Å². The van der Waals surface area contributed by atoms with Crippen molar-refractivity contribution >= 4 is 16.5 Å². The van der Waals surface area contributed by atoms with Crippen LogP contribution in [0.25, 0.3) is 0 Å². The number of nitrogens with zero attached hydrogens (tertiary/aromatic N) is 2. The van der Waals surface area contributed by atoms with Crippen LogP contribution in [-0.2, 0) is 6.54 Å². The van der Waals surface area contributed by atoms with Crippen LogP contribution in [0.1, 0.15) is 62.4 Å². The molecule has 0 bridgehead atoms. The summed E-state index contributed by atoms with van der Waals surface area (Å²) < 4.78 is 0. The Morgan fingerprint density at radius 1 is 1.30 bits per heavy atom. The molecular formula is C16H27N3S. The van der Waals surface area contributed by atoms with E-state index < -0.39 is 0 Å². The van der Waals surface area contributed by atoms with Crippen LogP contribution in [-0.4, -0.2) is 24.6 Å². The number of nitrogens with one attached hydrogen (secondary N) is 1. The largest absolute Gasteiger partial charge is 0.348 e. The van der Waals surface area contributed by atoms with Gasteiger partial charge < -0.3 is 10.2 Å². The predicted octanol–water partition coefficient (Wildman–Crippen LogP) is 3.76. The molecule has 2 heterocycles.